The Hall–Kier alpha value is -0.830. The van der Waals surface area contributed by atoms with Crippen LogP contribution in [0.15, 0.2) is 12.2 Å². The first-order valence-electron chi connectivity index (χ1n) is 6.11. The molecular weight excluding hydrogens is 202 g/mol. The quantitative estimate of drug-likeness (QED) is 0.362. The van der Waals surface area contributed by atoms with Gasteiger partial charge in [-0.05, 0) is 18.8 Å². The van der Waals surface area contributed by atoms with Gasteiger partial charge in [0.15, 0.2) is 0 Å². The van der Waals surface area contributed by atoms with Crippen molar-refractivity contribution >= 4 is 5.97 Å². The second-order valence-electron chi connectivity index (χ2n) is 4.32. The van der Waals surface area contributed by atoms with Crippen molar-refractivity contribution in [2.24, 2.45) is 5.92 Å². The van der Waals surface area contributed by atoms with Crippen molar-refractivity contribution in [3.63, 3.8) is 0 Å². The monoisotopic (exact) mass is 227 g/mol. The minimum atomic E-state index is -0.298. The second kappa shape index (κ2) is 8.34. The van der Waals surface area contributed by atoms with Crippen LogP contribution in [0.3, 0.4) is 0 Å². The molecule has 1 atom stereocenters. The van der Waals surface area contributed by atoms with Crippen molar-refractivity contribution in [3.05, 3.63) is 12.2 Å². The van der Waals surface area contributed by atoms with Gasteiger partial charge in [-0.1, -0.05) is 39.7 Å². The lowest BCUT2D eigenvalue weighted by Crippen LogP contribution is -2.22. The van der Waals surface area contributed by atoms with Crippen LogP contribution in [0.25, 0.3) is 0 Å². The molecule has 16 heavy (non-hydrogen) atoms. The molecule has 0 heterocycles. The number of nitrogens with zero attached hydrogens (tertiary/aromatic N) is 1. The van der Waals surface area contributed by atoms with Crippen LogP contribution in [-0.2, 0) is 9.63 Å². The summed E-state index contributed by atoms with van der Waals surface area (Å²) in [4.78, 5) is 16.6. The Kier molecular flexibility index (Phi) is 7.90. The molecule has 1 unspecified atom stereocenters. The zero-order chi connectivity index (χ0) is 12.6. The van der Waals surface area contributed by atoms with Gasteiger partial charge >= 0.3 is 5.97 Å². The van der Waals surface area contributed by atoms with E-state index in [0.717, 1.165) is 19.3 Å². The van der Waals surface area contributed by atoms with Gasteiger partial charge in [0.1, 0.15) is 0 Å². The highest BCUT2D eigenvalue weighted by molar-refractivity contribution is 5.88. The first kappa shape index (κ1) is 15.2. The average molecular weight is 227 g/mol. The summed E-state index contributed by atoms with van der Waals surface area (Å²) in [7, 11) is 3.40. The molecule has 0 saturated carbocycles. The van der Waals surface area contributed by atoms with E-state index in [9.17, 15) is 4.79 Å². The Balaban J connectivity index is 4.13. The lowest BCUT2D eigenvalue weighted by atomic mass is 9.92. The minimum Gasteiger partial charge on any atom is -0.365 e. The molecule has 3 heteroatoms. The zero-order valence-corrected chi connectivity index (χ0v) is 11.1. The van der Waals surface area contributed by atoms with E-state index in [1.807, 2.05) is 0 Å². The molecule has 0 rings (SSSR count). The zero-order valence-electron chi connectivity index (χ0n) is 11.1. The Bertz CT molecular complexity index is 224. The fourth-order valence-electron chi connectivity index (χ4n) is 1.66. The highest BCUT2D eigenvalue weighted by atomic mass is 16.7. The molecule has 0 aliphatic heterocycles. The lowest BCUT2D eigenvalue weighted by Gasteiger charge is -2.18. The molecule has 0 aromatic carbocycles. The van der Waals surface area contributed by atoms with Gasteiger partial charge in [-0.3, -0.25) is 0 Å². The van der Waals surface area contributed by atoms with Crippen LogP contribution in [0, 0.1) is 5.92 Å². The van der Waals surface area contributed by atoms with Crippen LogP contribution in [0.5, 0.6) is 0 Å². The van der Waals surface area contributed by atoms with E-state index in [2.05, 4.69) is 20.4 Å². The maximum atomic E-state index is 11.6. The van der Waals surface area contributed by atoms with Crippen LogP contribution in [0.4, 0.5) is 0 Å². The van der Waals surface area contributed by atoms with Crippen LogP contribution in [0.1, 0.15) is 46.0 Å². The van der Waals surface area contributed by atoms with E-state index < -0.39 is 0 Å². The highest BCUT2D eigenvalue weighted by Crippen LogP contribution is 2.22. The second-order valence-corrected chi connectivity index (χ2v) is 4.32. The molecule has 0 saturated heterocycles. The molecule has 0 fully saturated rings. The Morgan fingerprint density at radius 2 is 1.94 bits per heavy atom. The summed E-state index contributed by atoms with van der Waals surface area (Å²) in [5.74, 6) is -0.0349. The van der Waals surface area contributed by atoms with Crippen molar-refractivity contribution in [1.29, 1.82) is 0 Å². The summed E-state index contributed by atoms with van der Waals surface area (Å²) in [5, 5.41) is 1.41. The van der Waals surface area contributed by atoms with Crippen molar-refractivity contribution in [2.75, 3.05) is 14.1 Å². The number of rotatable bonds is 8. The summed E-state index contributed by atoms with van der Waals surface area (Å²) in [6, 6.07) is 0. The standard InChI is InChI=1S/C13H25NO2/c1-6-8-9-10-12(7-2)11(3)13(15)16-14(4)5/h12H,3,6-10H2,1-2,4-5H3. The molecule has 0 aliphatic rings. The number of carbonyl (C=O) groups excluding carboxylic acids is 1. The topological polar surface area (TPSA) is 29.5 Å². The summed E-state index contributed by atoms with van der Waals surface area (Å²) in [6.45, 7) is 8.12. The van der Waals surface area contributed by atoms with Gasteiger partial charge in [0.05, 0.1) is 0 Å². The SMILES string of the molecule is C=C(C(=O)ON(C)C)C(CC)CCCCC. The molecule has 0 aliphatic carbocycles. The molecule has 0 spiro atoms. The first-order chi connectivity index (χ1) is 7.52. The van der Waals surface area contributed by atoms with Gasteiger partial charge in [-0.25, -0.2) is 4.79 Å². The predicted molar refractivity (Wildman–Crippen MR) is 66.8 cm³/mol. The summed E-state index contributed by atoms with van der Waals surface area (Å²) in [5.41, 5.74) is 0.604. The highest BCUT2D eigenvalue weighted by Gasteiger charge is 2.19. The van der Waals surface area contributed by atoms with Gasteiger partial charge < -0.3 is 4.84 Å². The van der Waals surface area contributed by atoms with E-state index in [0.29, 0.717) is 5.57 Å². The molecule has 0 amide bonds. The largest absolute Gasteiger partial charge is 0.365 e. The Labute approximate surface area is 99.4 Å². The fourth-order valence-corrected chi connectivity index (χ4v) is 1.66. The van der Waals surface area contributed by atoms with E-state index in [1.54, 1.807) is 14.1 Å². The van der Waals surface area contributed by atoms with Crippen LogP contribution in [-0.4, -0.2) is 25.1 Å². The Morgan fingerprint density at radius 1 is 1.31 bits per heavy atom. The number of hydroxylamine groups is 2. The minimum absolute atomic E-state index is 0.263. The molecule has 0 N–H and O–H groups in total. The lowest BCUT2D eigenvalue weighted by molar-refractivity contribution is -0.173. The smallest absolute Gasteiger partial charge is 0.352 e. The number of carbonyl (C=O) groups is 1. The molecular formula is C13H25NO2. The summed E-state index contributed by atoms with van der Waals surface area (Å²) < 4.78 is 0. The normalized spacial score (nSPS) is 12.6. The van der Waals surface area contributed by atoms with Crippen molar-refractivity contribution in [2.45, 2.75) is 46.0 Å². The van der Waals surface area contributed by atoms with Crippen LogP contribution < -0.4 is 0 Å². The third-order valence-corrected chi connectivity index (χ3v) is 2.67. The Morgan fingerprint density at radius 3 is 2.38 bits per heavy atom. The number of unbranched alkanes of at least 4 members (excludes halogenated alkanes) is 2. The fraction of sp³-hybridized carbons (Fsp3) is 0.769. The van der Waals surface area contributed by atoms with E-state index in [-0.39, 0.29) is 11.9 Å². The summed E-state index contributed by atoms with van der Waals surface area (Å²) >= 11 is 0. The van der Waals surface area contributed by atoms with Gasteiger partial charge in [-0.15, -0.1) is 5.06 Å². The summed E-state index contributed by atoms with van der Waals surface area (Å²) in [6.07, 6.45) is 5.55. The van der Waals surface area contributed by atoms with E-state index >= 15 is 0 Å². The molecule has 0 radical (unpaired) electrons. The van der Waals surface area contributed by atoms with Crippen molar-refractivity contribution < 1.29 is 9.63 Å². The molecule has 0 bridgehead atoms. The van der Waals surface area contributed by atoms with Crippen molar-refractivity contribution in [3.8, 4) is 0 Å². The van der Waals surface area contributed by atoms with Gasteiger partial charge in [0, 0.05) is 19.7 Å². The maximum Gasteiger partial charge on any atom is 0.352 e. The number of hydrogen-bond donors (Lipinski definition) is 0. The van der Waals surface area contributed by atoms with Crippen LogP contribution in [0.2, 0.25) is 0 Å². The van der Waals surface area contributed by atoms with Gasteiger partial charge in [0.2, 0.25) is 0 Å². The van der Waals surface area contributed by atoms with E-state index in [4.69, 9.17) is 4.84 Å². The first-order valence-corrected chi connectivity index (χ1v) is 6.11. The third kappa shape index (κ3) is 5.91. The van der Waals surface area contributed by atoms with E-state index in [1.165, 1.54) is 17.9 Å². The predicted octanol–water partition coefficient (Wildman–Crippen LogP) is 3.17. The van der Waals surface area contributed by atoms with Crippen molar-refractivity contribution in [1.82, 2.24) is 5.06 Å². The third-order valence-electron chi connectivity index (χ3n) is 2.67. The number of hydrogen-bond acceptors (Lipinski definition) is 3. The van der Waals surface area contributed by atoms with Gasteiger partial charge in [0.25, 0.3) is 0 Å². The molecule has 94 valence electrons. The van der Waals surface area contributed by atoms with Crippen LogP contribution >= 0.6 is 0 Å². The average Bonchev–Trinajstić information content (AvgIpc) is 2.22. The maximum absolute atomic E-state index is 11.6. The molecule has 0 aromatic heterocycles. The molecule has 0 aromatic rings. The van der Waals surface area contributed by atoms with Gasteiger partial charge in [-0.2, -0.15) is 0 Å². The molecule has 3 nitrogen and oxygen atoms in total.